The van der Waals surface area contributed by atoms with Crippen LogP contribution in [-0.4, -0.2) is 83.1 Å². The Balaban J connectivity index is 0.00000200. The number of carbonyl (C=O) groups excluding carboxylic acids is 2. The second kappa shape index (κ2) is 6.00. The van der Waals surface area contributed by atoms with E-state index in [0.29, 0.717) is 17.1 Å². The third-order valence-corrected chi connectivity index (χ3v) is 3.39. The fourth-order valence-corrected chi connectivity index (χ4v) is 2.71. The predicted molar refractivity (Wildman–Crippen MR) is 67.5 cm³/mol. The van der Waals surface area contributed by atoms with Crippen LogP contribution >= 0.6 is 0 Å². The molecule has 2 atom stereocenters. The molecule has 0 aromatic rings. The van der Waals surface area contributed by atoms with E-state index in [0.717, 1.165) is 4.90 Å². The second-order valence-electron chi connectivity index (χ2n) is 4.23. The molecule has 3 N–H and O–H groups in total. The van der Waals surface area contributed by atoms with Gasteiger partial charge in [0, 0.05) is 29.6 Å². The van der Waals surface area contributed by atoms with Crippen LogP contribution in [0.2, 0.25) is 0 Å². The molecule has 1 radical (unpaired) electrons. The maximum atomic E-state index is 12.0. The molecule has 0 unspecified atom stereocenters. The van der Waals surface area contributed by atoms with Crippen molar-refractivity contribution < 1.29 is 26.8 Å². The number of nitrogens with zero attached hydrogens (tertiary/aromatic N) is 2. The summed E-state index contributed by atoms with van der Waals surface area (Å²) in [5.41, 5.74) is 5.86. The maximum Gasteiger partial charge on any atom is 0.418 e. The molecule has 20 heavy (non-hydrogen) atoms. The van der Waals surface area contributed by atoms with Crippen molar-refractivity contribution in [3.63, 3.8) is 0 Å². The Morgan fingerprint density at radius 2 is 2.20 bits per heavy atom. The number of fused-ring (bicyclic) bond motifs is 2. The summed E-state index contributed by atoms with van der Waals surface area (Å²) in [5.74, 6) is -0.700. The van der Waals surface area contributed by atoms with E-state index in [2.05, 4.69) is 4.28 Å². The monoisotopic (exact) mass is 314 g/mol. The molecule has 107 valence electrons. The quantitative estimate of drug-likeness (QED) is 0.375. The average molecular weight is 314 g/mol. The number of carbonyl (C=O) groups is 2. The van der Waals surface area contributed by atoms with Crippen LogP contribution in [-0.2, 0) is 19.5 Å². The summed E-state index contributed by atoms with van der Waals surface area (Å²) < 4.78 is 34.3. The van der Waals surface area contributed by atoms with E-state index in [1.54, 1.807) is 13.0 Å². The van der Waals surface area contributed by atoms with Gasteiger partial charge in [0.15, 0.2) is 0 Å². The summed E-state index contributed by atoms with van der Waals surface area (Å²) in [6.45, 7) is 1.86. The van der Waals surface area contributed by atoms with Gasteiger partial charge in [-0.05, 0) is 12.0 Å². The van der Waals surface area contributed by atoms with Crippen molar-refractivity contribution >= 4 is 51.9 Å². The third-order valence-electron chi connectivity index (χ3n) is 3.04. The van der Waals surface area contributed by atoms with E-state index in [1.165, 1.54) is 0 Å². The summed E-state index contributed by atoms with van der Waals surface area (Å²) in [4.78, 5) is 24.5. The summed E-state index contributed by atoms with van der Waals surface area (Å²) in [6, 6.07) is -2.42. The largest absolute Gasteiger partial charge is 0.418 e. The fraction of sp³-hybridized carbons (Fsp3) is 0.556. The van der Waals surface area contributed by atoms with E-state index in [9.17, 15) is 18.0 Å². The van der Waals surface area contributed by atoms with Crippen LogP contribution in [0, 0.1) is 0 Å². The standard InChI is InChI=1S/C9H13N3O6S.Na/c1-2-5-3-6-4-11(7(5)8(10)13)9(14)12(6)18-19(15,16)17;/h3,6-7H,2,4H2,1H3,(H2,10,13)(H,15,16,17);/t6-,7+;/m1./s1. The van der Waals surface area contributed by atoms with Gasteiger partial charge in [-0.1, -0.05) is 13.0 Å². The van der Waals surface area contributed by atoms with Gasteiger partial charge < -0.3 is 10.6 Å². The van der Waals surface area contributed by atoms with Crippen LogP contribution in [0.1, 0.15) is 13.3 Å². The summed E-state index contributed by atoms with van der Waals surface area (Å²) in [5, 5.41) is 0.522. The minimum atomic E-state index is -4.81. The first-order chi connectivity index (χ1) is 8.74. The zero-order valence-electron chi connectivity index (χ0n) is 11.0. The fourth-order valence-electron chi connectivity index (χ4n) is 2.33. The SMILES string of the molecule is CCC1=C[C@@H]2CN(C(=O)N2OS(=O)(=O)O)[C@@H]1C(N)=O.[Na]. The molecule has 2 aliphatic rings. The zero-order valence-corrected chi connectivity index (χ0v) is 13.8. The van der Waals surface area contributed by atoms with Gasteiger partial charge in [-0.15, -0.1) is 4.28 Å². The van der Waals surface area contributed by atoms with Crippen molar-refractivity contribution in [2.75, 3.05) is 6.54 Å². The molecular weight excluding hydrogens is 301 g/mol. The first kappa shape index (κ1) is 17.4. The second-order valence-corrected chi connectivity index (χ2v) is 5.23. The predicted octanol–water partition coefficient (Wildman–Crippen LogP) is -1.35. The molecule has 0 saturated carbocycles. The molecule has 1 saturated heterocycles. The molecule has 2 aliphatic heterocycles. The minimum absolute atomic E-state index is 0. The van der Waals surface area contributed by atoms with Gasteiger partial charge in [0.2, 0.25) is 5.91 Å². The Bertz CT molecular complexity index is 562. The molecule has 0 aromatic carbocycles. The smallest absolute Gasteiger partial charge is 0.368 e. The van der Waals surface area contributed by atoms with Crippen molar-refractivity contribution in [3.8, 4) is 0 Å². The van der Waals surface area contributed by atoms with Gasteiger partial charge in [-0.3, -0.25) is 9.35 Å². The maximum absolute atomic E-state index is 12.0. The van der Waals surface area contributed by atoms with Crippen LogP contribution in [0.25, 0.3) is 0 Å². The van der Waals surface area contributed by atoms with E-state index >= 15 is 0 Å². The van der Waals surface area contributed by atoms with Gasteiger partial charge in [-0.25, -0.2) is 4.79 Å². The molecule has 0 spiro atoms. The van der Waals surface area contributed by atoms with Gasteiger partial charge >= 0.3 is 16.4 Å². The molecule has 2 bridgehead atoms. The average Bonchev–Trinajstić information content (AvgIpc) is 2.52. The van der Waals surface area contributed by atoms with E-state index < -0.39 is 34.4 Å². The number of urea groups is 1. The Hall–Kier alpha value is -0.650. The van der Waals surface area contributed by atoms with E-state index in [1.807, 2.05) is 0 Å². The summed E-state index contributed by atoms with van der Waals surface area (Å²) in [7, 11) is -4.81. The van der Waals surface area contributed by atoms with Crippen LogP contribution < -0.4 is 5.73 Å². The number of hydroxylamine groups is 2. The Morgan fingerprint density at radius 3 is 2.65 bits per heavy atom. The van der Waals surface area contributed by atoms with Gasteiger partial charge in [0.1, 0.15) is 6.04 Å². The third kappa shape index (κ3) is 3.15. The number of rotatable bonds is 4. The number of hydrogen-bond donors (Lipinski definition) is 2. The van der Waals surface area contributed by atoms with Crippen molar-refractivity contribution in [2.24, 2.45) is 5.73 Å². The number of hydrogen-bond acceptors (Lipinski definition) is 5. The molecule has 9 nitrogen and oxygen atoms in total. The molecule has 2 rings (SSSR count). The normalized spacial score (nSPS) is 25.3. The van der Waals surface area contributed by atoms with E-state index in [4.69, 9.17) is 10.3 Å². The Kier molecular flexibility index (Phi) is 5.22. The summed E-state index contributed by atoms with van der Waals surface area (Å²) in [6.07, 6.45) is 2.04. The van der Waals surface area contributed by atoms with Gasteiger partial charge in [0.05, 0.1) is 12.6 Å². The number of nitrogens with two attached hydrogens (primary N) is 1. The zero-order chi connectivity index (χ0) is 14.4. The Labute approximate surface area is 137 Å². The van der Waals surface area contributed by atoms with Crippen molar-refractivity contribution in [1.82, 2.24) is 9.96 Å². The van der Waals surface area contributed by atoms with Crippen molar-refractivity contribution in [2.45, 2.75) is 25.4 Å². The molecule has 11 heteroatoms. The molecule has 0 aromatic heterocycles. The molecule has 3 amide bonds. The molecule has 2 heterocycles. The first-order valence-corrected chi connectivity index (χ1v) is 6.88. The van der Waals surface area contributed by atoms with E-state index in [-0.39, 0.29) is 36.1 Å². The van der Waals surface area contributed by atoms with Crippen LogP contribution in [0.3, 0.4) is 0 Å². The van der Waals surface area contributed by atoms with Crippen molar-refractivity contribution in [3.05, 3.63) is 11.6 Å². The number of primary amides is 1. The van der Waals surface area contributed by atoms with Crippen LogP contribution in [0.5, 0.6) is 0 Å². The molecular formula is C9H13N3NaO6S. The number of amides is 3. The van der Waals surface area contributed by atoms with Gasteiger partial charge in [0.25, 0.3) is 0 Å². The van der Waals surface area contributed by atoms with Crippen LogP contribution in [0.15, 0.2) is 11.6 Å². The molecule has 0 aliphatic carbocycles. The topological polar surface area (TPSA) is 130 Å². The van der Waals surface area contributed by atoms with Crippen molar-refractivity contribution in [1.29, 1.82) is 0 Å². The Morgan fingerprint density at radius 1 is 1.60 bits per heavy atom. The van der Waals surface area contributed by atoms with Gasteiger partial charge in [-0.2, -0.15) is 13.5 Å². The van der Waals surface area contributed by atoms with Crippen LogP contribution in [0.4, 0.5) is 4.79 Å². The minimum Gasteiger partial charge on any atom is -0.368 e. The first-order valence-electron chi connectivity index (χ1n) is 5.51. The summed E-state index contributed by atoms with van der Waals surface area (Å²) >= 11 is 0. The molecule has 1 fully saturated rings.